The normalized spacial score (nSPS) is 17.8. The number of likely N-dealkylation sites (tertiary alicyclic amines) is 1. The van der Waals surface area contributed by atoms with E-state index in [-0.39, 0.29) is 18.4 Å². The minimum atomic E-state index is -0.897. The van der Waals surface area contributed by atoms with Crippen LogP contribution in [0.4, 0.5) is 0 Å². The molecular formula is C20H28N2O6. The van der Waals surface area contributed by atoms with Crippen molar-refractivity contribution in [3.8, 4) is 11.5 Å². The lowest BCUT2D eigenvalue weighted by molar-refractivity contribution is -0.146. The molecule has 2 rings (SSSR count). The fourth-order valence-corrected chi connectivity index (χ4v) is 3.25. The Hall–Kier alpha value is -2.77. The number of carboxylic acid groups (broad SMARTS) is 1. The first-order valence-corrected chi connectivity index (χ1v) is 9.32. The smallest absolute Gasteiger partial charge is 0.308 e. The van der Waals surface area contributed by atoms with E-state index in [1.165, 1.54) is 14.2 Å². The Morgan fingerprint density at radius 2 is 1.75 bits per heavy atom. The molecular weight excluding hydrogens is 364 g/mol. The summed E-state index contributed by atoms with van der Waals surface area (Å²) < 4.78 is 10.4. The third-order valence-electron chi connectivity index (χ3n) is 4.92. The molecule has 2 N–H and O–H groups in total. The number of amides is 2. The van der Waals surface area contributed by atoms with E-state index in [4.69, 9.17) is 9.47 Å². The van der Waals surface area contributed by atoms with Crippen LogP contribution in [-0.2, 0) is 9.59 Å². The molecule has 1 aliphatic rings. The first-order chi connectivity index (χ1) is 13.3. The topological polar surface area (TPSA) is 105 Å². The molecule has 1 saturated heterocycles. The lowest BCUT2D eigenvalue weighted by Gasteiger charge is -2.34. The van der Waals surface area contributed by atoms with Crippen molar-refractivity contribution in [3.63, 3.8) is 0 Å². The van der Waals surface area contributed by atoms with Crippen LogP contribution in [0.5, 0.6) is 11.5 Å². The van der Waals surface area contributed by atoms with Crippen molar-refractivity contribution in [2.75, 3.05) is 27.3 Å². The quantitative estimate of drug-likeness (QED) is 0.733. The molecule has 0 saturated carbocycles. The molecule has 1 heterocycles. The highest BCUT2D eigenvalue weighted by Crippen LogP contribution is 2.23. The number of carboxylic acids is 1. The number of benzene rings is 1. The van der Waals surface area contributed by atoms with Gasteiger partial charge in [0.25, 0.3) is 5.91 Å². The Kier molecular flexibility index (Phi) is 7.25. The number of piperidine rings is 1. The van der Waals surface area contributed by atoms with Gasteiger partial charge in [-0.1, -0.05) is 13.8 Å². The predicted octanol–water partition coefficient (Wildman–Crippen LogP) is 1.78. The van der Waals surface area contributed by atoms with Gasteiger partial charge in [-0.05, 0) is 30.9 Å². The highest BCUT2D eigenvalue weighted by atomic mass is 16.5. The molecule has 1 unspecified atom stereocenters. The van der Waals surface area contributed by atoms with Gasteiger partial charge in [-0.15, -0.1) is 0 Å². The zero-order chi connectivity index (χ0) is 20.8. The van der Waals surface area contributed by atoms with Gasteiger partial charge in [-0.25, -0.2) is 0 Å². The average Bonchev–Trinajstić information content (AvgIpc) is 2.70. The van der Waals surface area contributed by atoms with E-state index in [1.54, 1.807) is 23.1 Å². The van der Waals surface area contributed by atoms with E-state index in [0.29, 0.717) is 36.4 Å². The number of hydrogen-bond donors (Lipinski definition) is 2. The molecule has 1 aromatic carbocycles. The van der Waals surface area contributed by atoms with E-state index in [2.05, 4.69) is 5.32 Å². The summed E-state index contributed by atoms with van der Waals surface area (Å²) in [4.78, 5) is 38.6. The maximum atomic E-state index is 13.0. The van der Waals surface area contributed by atoms with Crippen LogP contribution in [0.3, 0.4) is 0 Å². The number of rotatable bonds is 7. The number of carbonyl (C=O) groups is 3. The number of ether oxygens (including phenoxy) is 2. The summed E-state index contributed by atoms with van der Waals surface area (Å²) in [7, 11) is 2.98. The number of hydrogen-bond acceptors (Lipinski definition) is 5. The monoisotopic (exact) mass is 392 g/mol. The van der Waals surface area contributed by atoms with E-state index in [0.717, 1.165) is 0 Å². The maximum absolute atomic E-state index is 13.0. The standard InChI is InChI=1S/C20H28N2O6/c1-12(2)17(19(24)22-7-5-6-13(11-22)20(25)26)21-18(23)14-8-15(27-3)10-16(9-14)28-4/h8-10,12-13,17H,5-7,11H2,1-4H3,(H,21,23)(H,25,26)/t13-,17?/m0/s1. The van der Waals surface area contributed by atoms with Crippen molar-refractivity contribution in [2.45, 2.75) is 32.7 Å². The molecule has 8 heteroatoms. The molecule has 8 nitrogen and oxygen atoms in total. The second kappa shape index (κ2) is 9.43. The van der Waals surface area contributed by atoms with Gasteiger partial charge in [0.2, 0.25) is 5.91 Å². The Balaban J connectivity index is 2.17. The minimum Gasteiger partial charge on any atom is -0.497 e. The molecule has 0 aromatic heterocycles. The van der Waals surface area contributed by atoms with Crippen LogP contribution in [0, 0.1) is 11.8 Å². The summed E-state index contributed by atoms with van der Waals surface area (Å²) in [5.41, 5.74) is 0.316. The SMILES string of the molecule is COc1cc(OC)cc(C(=O)NC(C(=O)N2CCC[C@H](C(=O)O)C2)C(C)C)c1. The number of nitrogens with zero attached hydrogens (tertiary/aromatic N) is 1. The van der Waals surface area contributed by atoms with Crippen LogP contribution >= 0.6 is 0 Å². The Morgan fingerprint density at radius 3 is 2.25 bits per heavy atom. The largest absolute Gasteiger partial charge is 0.497 e. The minimum absolute atomic E-state index is 0.158. The van der Waals surface area contributed by atoms with Crippen LogP contribution in [0.1, 0.15) is 37.0 Å². The summed E-state index contributed by atoms with van der Waals surface area (Å²) in [6, 6.07) is 4.04. The van der Waals surface area contributed by atoms with Gasteiger partial charge in [0.05, 0.1) is 20.1 Å². The van der Waals surface area contributed by atoms with E-state index in [9.17, 15) is 19.5 Å². The highest BCUT2D eigenvalue weighted by molar-refractivity contribution is 5.98. The summed E-state index contributed by atoms with van der Waals surface area (Å²) in [5, 5.41) is 12.0. The molecule has 0 spiro atoms. The molecule has 154 valence electrons. The van der Waals surface area contributed by atoms with Gasteiger partial charge in [0.15, 0.2) is 0 Å². The molecule has 0 aliphatic carbocycles. The lowest BCUT2D eigenvalue weighted by atomic mass is 9.95. The molecule has 1 aliphatic heterocycles. The Labute approximate surface area is 164 Å². The fraction of sp³-hybridized carbons (Fsp3) is 0.550. The van der Waals surface area contributed by atoms with E-state index in [1.807, 2.05) is 13.8 Å². The van der Waals surface area contributed by atoms with Crippen LogP contribution in [0.2, 0.25) is 0 Å². The molecule has 0 bridgehead atoms. The van der Waals surface area contributed by atoms with Crippen molar-refractivity contribution >= 4 is 17.8 Å². The summed E-state index contributed by atoms with van der Waals surface area (Å²) in [6.45, 7) is 4.34. The van der Waals surface area contributed by atoms with Gasteiger partial charge in [0, 0.05) is 24.7 Å². The molecule has 0 radical (unpaired) electrons. The lowest BCUT2D eigenvalue weighted by Crippen LogP contribution is -2.54. The number of nitrogens with one attached hydrogen (secondary N) is 1. The van der Waals surface area contributed by atoms with Crippen molar-refractivity contribution in [2.24, 2.45) is 11.8 Å². The van der Waals surface area contributed by atoms with Crippen molar-refractivity contribution in [1.29, 1.82) is 0 Å². The first kappa shape index (κ1) is 21.5. The van der Waals surface area contributed by atoms with E-state index < -0.39 is 23.8 Å². The molecule has 2 amide bonds. The average molecular weight is 392 g/mol. The summed E-state index contributed by atoms with van der Waals surface area (Å²) >= 11 is 0. The second-order valence-electron chi connectivity index (χ2n) is 7.26. The van der Waals surface area contributed by atoms with Crippen LogP contribution < -0.4 is 14.8 Å². The number of methoxy groups -OCH3 is 2. The van der Waals surface area contributed by atoms with Crippen LogP contribution in [-0.4, -0.2) is 61.1 Å². The number of carbonyl (C=O) groups excluding carboxylic acids is 2. The third kappa shape index (κ3) is 5.15. The maximum Gasteiger partial charge on any atom is 0.308 e. The fourth-order valence-electron chi connectivity index (χ4n) is 3.25. The molecule has 2 atom stereocenters. The van der Waals surface area contributed by atoms with Gasteiger partial charge in [-0.2, -0.15) is 0 Å². The Morgan fingerprint density at radius 1 is 1.14 bits per heavy atom. The first-order valence-electron chi connectivity index (χ1n) is 9.32. The zero-order valence-electron chi connectivity index (χ0n) is 16.7. The van der Waals surface area contributed by atoms with Gasteiger partial charge < -0.3 is 24.8 Å². The predicted molar refractivity (Wildman–Crippen MR) is 103 cm³/mol. The summed E-state index contributed by atoms with van der Waals surface area (Å²) in [5.74, 6) is -1.36. The van der Waals surface area contributed by atoms with Crippen molar-refractivity contribution in [3.05, 3.63) is 23.8 Å². The highest BCUT2D eigenvalue weighted by Gasteiger charge is 2.34. The van der Waals surface area contributed by atoms with Crippen LogP contribution in [0.15, 0.2) is 18.2 Å². The second-order valence-corrected chi connectivity index (χ2v) is 7.26. The number of aliphatic carboxylic acids is 1. The molecule has 28 heavy (non-hydrogen) atoms. The third-order valence-corrected chi connectivity index (χ3v) is 4.92. The zero-order valence-corrected chi connectivity index (χ0v) is 16.7. The molecule has 1 aromatic rings. The molecule has 1 fully saturated rings. The van der Waals surface area contributed by atoms with Crippen molar-refractivity contribution in [1.82, 2.24) is 10.2 Å². The van der Waals surface area contributed by atoms with Gasteiger partial charge in [-0.3, -0.25) is 14.4 Å². The Bertz CT molecular complexity index is 711. The van der Waals surface area contributed by atoms with Crippen molar-refractivity contribution < 1.29 is 29.0 Å². The van der Waals surface area contributed by atoms with Gasteiger partial charge >= 0.3 is 5.97 Å². The summed E-state index contributed by atoms with van der Waals surface area (Å²) in [6.07, 6.45) is 1.19. The van der Waals surface area contributed by atoms with Gasteiger partial charge in [0.1, 0.15) is 17.5 Å². The van der Waals surface area contributed by atoms with E-state index >= 15 is 0 Å². The van der Waals surface area contributed by atoms with Crippen LogP contribution in [0.25, 0.3) is 0 Å².